The third-order valence-electron chi connectivity index (χ3n) is 4.91. The molecule has 0 bridgehead atoms. The smallest absolute Gasteiger partial charge is 0.281 e. The third-order valence-corrected chi connectivity index (χ3v) is 5.80. The van der Waals surface area contributed by atoms with Gasteiger partial charge >= 0.3 is 0 Å². The van der Waals surface area contributed by atoms with Crippen molar-refractivity contribution in [2.24, 2.45) is 0 Å². The molecule has 154 valence electrons. The lowest BCUT2D eigenvalue weighted by molar-refractivity contribution is -0.122. The first-order chi connectivity index (χ1) is 14.1. The molecule has 1 fully saturated rings. The quantitative estimate of drug-likeness (QED) is 0.678. The summed E-state index contributed by atoms with van der Waals surface area (Å²) >= 11 is 1.31. The van der Waals surface area contributed by atoms with E-state index in [9.17, 15) is 9.59 Å². The van der Waals surface area contributed by atoms with Crippen molar-refractivity contribution in [2.45, 2.75) is 18.9 Å². The fraction of sp³-hybridized carbons (Fsp3) is 0.364. The van der Waals surface area contributed by atoms with Crippen molar-refractivity contribution < 1.29 is 19.1 Å². The SMILES string of the molecule is COc1ccc(C[C@H](NC(=O)CCN2CCSC2=O)c2ccc(OC)cc2)cc1. The molecule has 1 aliphatic rings. The minimum atomic E-state index is -0.176. The van der Waals surface area contributed by atoms with Crippen LogP contribution in [0.1, 0.15) is 23.6 Å². The van der Waals surface area contributed by atoms with Crippen molar-refractivity contribution in [3.05, 3.63) is 59.7 Å². The Labute approximate surface area is 175 Å². The van der Waals surface area contributed by atoms with E-state index in [4.69, 9.17) is 9.47 Å². The van der Waals surface area contributed by atoms with Crippen LogP contribution in [0.5, 0.6) is 11.5 Å². The van der Waals surface area contributed by atoms with Crippen molar-refractivity contribution in [3.8, 4) is 11.5 Å². The van der Waals surface area contributed by atoms with Crippen LogP contribution in [0, 0.1) is 0 Å². The van der Waals surface area contributed by atoms with Crippen LogP contribution in [0.15, 0.2) is 48.5 Å². The van der Waals surface area contributed by atoms with Gasteiger partial charge in [0.25, 0.3) is 5.24 Å². The van der Waals surface area contributed by atoms with Crippen LogP contribution in [0.2, 0.25) is 0 Å². The van der Waals surface area contributed by atoms with Crippen LogP contribution in [-0.2, 0) is 11.2 Å². The van der Waals surface area contributed by atoms with Crippen LogP contribution in [-0.4, -0.2) is 49.1 Å². The minimum Gasteiger partial charge on any atom is -0.497 e. The van der Waals surface area contributed by atoms with Crippen LogP contribution in [0.25, 0.3) is 0 Å². The van der Waals surface area contributed by atoms with Crippen molar-refractivity contribution in [1.82, 2.24) is 10.2 Å². The second kappa shape index (κ2) is 10.2. The number of nitrogens with one attached hydrogen (secondary N) is 1. The van der Waals surface area contributed by atoms with E-state index in [1.807, 2.05) is 48.5 Å². The van der Waals surface area contributed by atoms with Crippen molar-refractivity contribution >= 4 is 22.9 Å². The molecular formula is C22H26N2O4S. The lowest BCUT2D eigenvalue weighted by Crippen LogP contribution is -2.34. The van der Waals surface area contributed by atoms with Gasteiger partial charge in [0, 0.05) is 25.3 Å². The van der Waals surface area contributed by atoms with E-state index in [1.165, 1.54) is 11.8 Å². The predicted molar refractivity (Wildman–Crippen MR) is 115 cm³/mol. The Bertz CT molecular complexity index is 824. The van der Waals surface area contributed by atoms with Gasteiger partial charge < -0.3 is 19.7 Å². The zero-order chi connectivity index (χ0) is 20.6. The molecule has 2 amide bonds. The topological polar surface area (TPSA) is 67.9 Å². The summed E-state index contributed by atoms with van der Waals surface area (Å²) < 4.78 is 10.5. The molecule has 0 aliphatic carbocycles. The van der Waals surface area contributed by atoms with Gasteiger partial charge in [-0.1, -0.05) is 36.0 Å². The van der Waals surface area contributed by atoms with Crippen LogP contribution < -0.4 is 14.8 Å². The molecule has 3 rings (SSSR count). The number of hydrogen-bond donors (Lipinski definition) is 1. The van der Waals surface area contributed by atoms with Crippen molar-refractivity contribution in [2.75, 3.05) is 33.1 Å². The fourth-order valence-corrected chi connectivity index (χ4v) is 4.07. The number of hydrogen-bond acceptors (Lipinski definition) is 5. The average Bonchev–Trinajstić information content (AvgIpc) is 3.17. The van der Waals surface area contributed by atoms with Crippen molar-refractivity contribution in [1.29, 1.82) is 0 Å². The largest absolute Gasteiger partial charge is 0.497 e. The Morgan fingerprint density at radius 1 is 1.07 bits per heavy atom. The Kier molecular flexibility index (Phi) is 7.41. The average molecular weight is 415 g/mol. The predicted octanol–water partition coefficient (Wildman–Crippen LogP) is 3.66. The Morgan fingerprint density at radius 3 is 2.24 bits per heavy atom. The molecule has 7 heteroatoms. The number of rotatable bonds is 9. The third kappa shape index (κ3) is 5.90. The van der Waals surface area contributed by atoms with E-state index < -0.39 is 0 Å². The molecule has 0 unspecified atom stereocenters. The molecule has 29 heavy (non-hydrogen) atoms. The minimum absolute atomic E-state index is 0.0581. The summed E-state index contributed by atoms with van der Waals surface area (Å²) in [6.45, 7) is 1.17. The van der Waals surface area contributed by atoms with Gasteiger partial charge in [0.1, 0.15) is 11.5 Å². The van der Waals surface area contributed by atoms with Crippen LogP contribution in [0.4, 0.5) is 4.79 Å². The highest BCUT2D eigenvalue weighted by Gasteiger charge is 2.22. The van der Waals surface area contributed by atoms with E-state index in [-0.39, 0.29) is 17.2 Å². The molecule has 2 aromatic rings. The highest BCUT2D eigenvalue weighted by Crippen LogP contribution is 2.23. The van der Waals surface area contributed by atoms with E-state index in [2.05, 4.69) is 5.32 Å². The second-order valence-corrected chi connectivity index (χ2v) is 7.84. The highest BCUT2D eigenvalue weighted by molar-refractivity contribution is 8.13. The van der Waals surface area contributed by atoms with Crippen LogP contribution >= 0.6 is 11.8 Å². The first-order valence-electron chi connectivity index (χ1n) is 9.57. The molecule has 1 atom stereocenters. The summed E-state index contributed by atoms with van der Waals surface area (Å²) in [4.78, 5) is 26.1. The summed E-state index contributed by atoms with van der Waals surface area (Å²) in [7, 11) is 3.27. The van der Waals surface area contributed by atoms with E-state index in [1.54, 1.807) is 19.1 Å². The van der Waals surface area contributed by atoms with Crippen LogP contribution in [0.3, 0.4) is 0 Å². The van der Waals surface area contributed by atoms with Gasteiger partial charge in [0.2, 0.25) is 5.91 Å². The molecule has 1 heterocycles. The first-order valence-corrected chi connectivity index (χ1v) is 10.6. The summed E-state index contributed by atoms with van der Waals surface area (Å²) in [5.41, 5.74) is 2.10. The maximum Gasteiger partial charge on any atom is 0.281 e. The number of carbonyl (C=O) groups is 2. The Balaban J connectivity index is 1.68. The van der Waals surface area contributed by atoms with Gasteiger partial charge in [0.15, 0.2) is 0 Å². The second-order valence-electron chi connectivity index (χ2n) is 6.80. The molecule has 0 aromatic heterocycles. The monoisotopic (exact) mass is 414 g/mol. The first kappa shape index (κ1) is 21.0. The van der Waals surface area contributed by atoms with Gasteiger partial charge in [-0.15, -0.1) is 0 Å². The van der Waals surface area contributed by atoms with Gasteiger partial charge in [-0.2, -0.15) is 0 Å². The standard InChI is InChI=1S/C22H26N2O4S/c1-27-18-7-3-16(4-8-18)15-20(17-5-9-19(28-2)10-6-17)23-21(25)11-12-24-13-14-29-22(24)26/h3-10,20H,11-15H2,1-2H3,(H,23,25)/t20-/m0/s1. The van der Waals surface area contributed by atoms with E-state index in [0.29, 0.717) is 25.9 Å². The highest BCUT2D eigenvalue weighted by atomic mass is 32.2. The van der Waals surface area contributed by atoms with Gasteiger partial charge in [-0.25, -0.2) is 0 Å². The Hall–Kier alpha value is -2.67. The van der Waals surface area contributed by atoms with E-state index in [0.717, 1.165) is 28.4 Å². The molecule has 6 nitrogen and oxygen atoms in total. The molecule has 2 aromatic carbocycles. The number of carbonyl (C=O) groups excluding carboxylic acids is 2. The zero-order valence-electron chi connectivity index (χ0n) is 16.7. The molecule has 0 spiro atoms. The summed E-state index contributed by atoms with van der Waals surface area (Å²) in [5, 5.41) is 3.19. The zero-order valence-corrected chi connectivity index (χ0v) is 17.5. The van der Waals surface area contributed by atoms with Gasteiger partial charge in [-0.05, 0) is 41.8 Å². The number of benzene rings is 2. The maximum atomic E-state index is 12.6. The summed E-state index contributed by atoms with van der Waals surface area (Å²) in [6.07, 6.45) is 0.947. The molecule has 1 saturated heterocycles. The van der Waals surface area contributed by atoms with Crippen molar-refractivity contribution in [3.63, 3.8) is 0 Å². The number of nitrogens with zero attached hydrogens (tertiary/aromatic N) is 1. The van der Waals surface area contributed by atoms with E-state index >= 15 is 0 Å². The number of thioether (sulfide) groups is 1. The van der Waals surface area contributed by atoms with Gasteiger partial charge in [-0.3, -0.25) is 9.59 Å². The molecule has 1 N–H and O–H groups in total. The molecular weight excluding hydrogens is 388 g/mol. The summed E-state index contributed by atoms with van der Waals surface area (Å²) in [6, 6.07) is 15.4. The lowest BCUT2D eigenvalue weighted by atomic mass is 9.98. The summed E-state index contributed by atoms with van der Waals surface area (Å²) in [5.74, 6) is 2.30. The van der Waals surface area contributed by atoms with Gasteiger partial charge in [0.05, 0.1) is 20.3 Å². The molecule has 0 radical (unpaired) electrons. The molecule has 1 aliphatic heterocycles. The lowest BCUT2D eigenvalue weighted by Gasteiger charge is -2.21. The molecule has 0 saturated carbocycles. The number of ether oxygens (including phenoxy) is 2. The number of methoxy groups -OCH3 is 2. The number of amides is 2. The maximum absolute atomic E-state index is 12.6. The Morgan fingerprint density at radius 2 is 1.69 bits per heavy atom. The normalized spacial score (nSPS) is 14.6. The fourth-order valence-electron chi connectivity index (χ4n) is 3.22.